The van der Waals surface area contributed by atoms with Gasteiger partial charge in [-0.15, -0.1) is 0 Å². The van der Waals surface area contributed by atoms with E-state index in [0.29, 0.717) is 18.3 Å². The van der Waals surface area contributed by atoms with Gasteiger partial charge < -0.3 is 15.3 Å². The zero-order valence-corrected chi connectivity index (χ0v) is 12.6. The Morgan fingerprint density at radius 3 is 2.00 bits per heavy atom. The number of likely N-dealkylation sites (tertiary alicyclic amines) is 1. The van der Waals surface area contributed by atoms with Gasteiger partial charge in [0.1, 0.15) is 5.54 Å². The van der Waals surface area contributed by atoms with Crippen LogP contribution in [-0.4, -0.2) is 40.6 Å². The van der Waals surface area contributed by atoms with Gasteiger partial charge in [-0.3, -0.25) is 0 Å². The van der Waals surface area contributed by atoms with Crippen molar-refractivity contribution in [2.75, 3.05) is 13.1 Å². The highest BCUT2D eigenvalue weighted by molar-refractivity contribution is 5.87. The number of amides is 2. The van der Waals surface area contributed by atoms with Gasteiger partial charge in [-0.25, -0.2) is 9.59 Å². The van der Waals surface area contributed by atoms with Crippen molar-refractivity contribution >= 4 is 12.0 Å². The van der Waals surface area contributed by atoms with Crippen LogP contribution in [0.3, 0.4) is 0 Å². The first-order chi connectivity index (χ1) is 9.47. The molecule has 1 saturated carbocycles. The van der Waals surface area contributed by atoms with Crippen LogP contribution in [0.5, 0.6) is 0 Å². The second-order valence-corrected chi connectivity index (χ2v) is 6.37. The molecular formula is C15H26N2O3. The molecule has 0 radical (unpaired) electrons. The third kappa shape index (κ3) is 2.63. The molecule has 1 heterocycles. The van der Waals surface area contributed by atoms with Gasteiger partial charge in [0.2, 0.25) is 0 Å². The van der Waals surface area contributed by atoms with Crippen LogP contribution in [0.15, 0.2) is 0 Å². The molecule has 2 fully saturated rings. The van der Waals surface area contributed by atoms with Crippen LogP contribution in [0.2, 0.25) is 0 Å². The number of nitrogens with zero attached hydrogens (tertiary/aromatic N) is 1. The monoisotopic (exact) mass is 282 g/mol. The maximum atomic E-state index is 12.3. The standard InChI is InChI=1S/C15H26N2O3/c1-3-14(4-2)8-10-17(11-9-14)13(20)16-15(12(18)19)6-5-7-15/h3-11H2,1-2H3,(H,16,20)(H,18,19). The third-order valence-corrected chi connectivity index (χ3v) is 5.57. The molecular weight excluding hydrogens is 256 g/mol. The summed E-state index contributed by atoms with van der Waals surface area (Å²) in [4.78, 5) is 25.3. The van der Waals surface area contributed by atoms with Crippen LogP contribution >= 0.6 is 0 Å². The van der Waals surface area contributed by atoms with Gasteiger partial charge in [0.15, 0.2) is 0 Å². The zero-order chi connectivity index (χ0) is 14.8. The van der Waals surface area contributed by atoms with Gasteiger partial charge >= 0.3 is 12.0 Å². The van der Waals surface area contributed by atoms with Crippen LogP contribution in [0.1, 0.15) is 58.8 Å². The molecule has 5 nitrogen and oxygen atoms in total. The summed E-state index contributed by atoms with van der Waals surface area (Å²) in [7, 11) is 0. The fourth-order valence-corrected chi connectivity index (χ4v) is 3.35. The van der Waals surface area contributed by atoms with E-state index in [-0.39, 0.29) is 6.03 Å². The quantitative estimate of drug-likeness (QED) is 0.832. The van der Waals surface area contributed by atoms with Crippen molar-refractivity contribution in [3.8, 4) is 0 Å². The molecule has 0 atom stereocenters. The van der Waals surface area contributed by atoms with Gasteiger partial charge in [0, 0.05) is 13.1 Å². The summed E-state index contributed by atoms with van der Waals surface area (Å²) in [6, 6.07) is -0.201. The molecule has 0 bridgehead atoms. The van der Waals surface area contributed by atoms with Crippen molar-refractivity contribution in [1.29, 1.82) is 0 Å². The number of hydrogen-bond donors (Lipinski definition) is 2. The van der Waals surface area contributed by atoms with E-state index in [1.54, 1.807) is 4.90 Å². The average molecular weight is 282 g/mol. The first-order valence-electron chi connectivity index (χ1n) is 7.77. The molecule has 1 aliphatic heterocycles. The smallest absolute Gasteiger partial charge is 0.329 e. The summed E-state index contributed by atoms with van der Waals surface area (Å²) in [6.07, 6.45) is 6.32. The maximum Gasteiger partial charge on any atom is 0.329 e. The fourth-order valence-electron chi connectivity index (χ4n) is 3.35. The molecule has 2 amide bonds. The van der Waals surface area contributed by atoms with E-state index in [1.807, 2.05) is 0 Å². The van der Waals surface area contributed by atoms with Crippen molar-refractivity contribution in [2.24, 2.45) is 5.41 Å². The summed E-state index contributed by atoms with van der Waals surface area (Å²) in [5.41, 5.74) is -0.626. The summed E-state index contributed by atoms with van der Waals surface area (Å²) in [6.45, 7) is 5.91. The largest absolute Gasteiger partial charge is 0.480 e. The second-order valence-electron chi connectivity index (χ2n) is 6.37. The minimum Gasteiger partial charge on any atom is -0.480 e. The Morgan fingerprint density at radius 2 is 1.65 bits per heavy atom. The summed E-state index contributed by atoms with van der Waals surface area (Å²) < 4.78 is 0. The van der Waals surface area contributed by atoms with Crippen LogP contribution < -0.4 is 5.32 Å². The number of urea groups is 1. The Bertz CT molecular complexity index is 377. The number of rotatable bonds is 4. The number of carboxylic acid groups (broad SMARTS) is 1. The van der Waals surface area contributed by atoms with E-state index >= 15 is 0 Å². The van der Waals surface area contributed by atoms with Crippen molar-refractivity contribution in [3.63, 3.8) is 0 Å². The summed E-state index contributed by atoms with van der Waals surface area (Å²) in [5.74, 6) is -0.898. The Hall–Kier alpha value is -1.26. The maximum absolute atomic E-state index is 12.3. The number of nitrogens with one attached hydrogen (secondary N) is 1. The summed E-state index contributed by atoms with van der Waals surface area (Å²) >= 11 is 0. The van der Waals surface area contributed by atoms with E-state index in [4.69, 9.17) is 0 Å². The highest BCUT2D eigenvalue weighted by Crippen LogP contribution is 2.38. The highest BCUT2D eigenvalue weighted by Gasteiger charge is 2.46. The average Bonchev–Trinajstić information content (AvgIpc) is 2.42. The lowest BCUT2D eigenvalue weighted by atomic mass is 9.74. The highest BCUT2D eigenvalue weighted by atomic mass is 16.4. The minimum atomic E-state index is -0.999. The lowest BCUT2D eigenvalue weighted by molar-refractivity contribution is -0.148. The molecule has 2 aliphatic rings. The number of carboxylic acids is 1. The molecule has 5 heteroatoms. The molecule has 114 valence electrons. The fraction of sp³-hybridized carbons (Fsp3) is 0.867. The van der Waals surface area contributed by atoms with Crippen LogP contribution in [0.25, 0.3) is 0 Å². The molecule has 0 aromatic heterocycles. The van der Waals surface area contributed by atoms with Gasteiger partial charge in [-0.05, 0) is 37.5 Å². The van der Waals surface area contributed by atoms with Crippen molar-refractivity contribution in [2.45, 2.75) is 64.3 Å². The number of aliphatic carboxylic acids is 1. The Morgan fingerprint density at radius 1 is 1.10 bits per heavy atom. The van der Waals surface area contributed by atoms with E-state index in [0.717, 1.165) is 45.2 Å². The Kier molecular flexibility index (Phi) is 4.25. The van der Waals surface area contributed by atoms with Gasteiger partial charge in [-0.2, -0.15) is 0 Å². The molecule has 0 spiro atoms. The minimum absolute atomic E-state index is 0.201. The van der Waals surface area contributed by atoms with Crippen LogP contribution in [0.4, 0.5) is 4.79 Å². The van der Waals surface area contributed by atoms with Crippen molar-refractivity contribution in [1.82, 2.24) is 10.2 Å². The molecule has 0 aromatic carbocycles. The van der Waals surface area contributed by atoms with Crippen LogP contribution in [0, 0.1) is 5.41 Å². The normalized spacial score (nSPS) is 23.8. The van der Waals surface area contributed by atoms with Gasteiger partial charge in [0.05, 0.1) is 0 Å². The van der Waals surface area contributed by atoms with E-state index < -0.39 is 11.5 Å². The molecule has 2 rings (SSSR count). The molecule has 20 heavy (non-hydrogen) atoms. The molecule has 0 aromatic rings. The predicted octanol–water partition coefficient (Wildman–Crippen LogP) is 2.61. The third-order valence-electron chi connectivity index (χ3n) is 5.57. The van der Waals surface area contributed by atoms with E-state index in [2.05, 4.69) is 19.2 Å². The second kappa shape index (κ2) is 5.62. The zero-order valence-electron chi connectivity index (χ0n) is 12.6. The lowest BCUT2D eigenvalue weighted by Gasteiger charge is -2.44. The van der Waals surface area contributed by atoms with Gasteiger partial charge in [0.25, 0.3) is 0 Å². The first kappa shape index (κ1) is 15.1. The molecule has 1 aliphatic carbocycles. The molecule has 1 saturated heterocycles. The number of hydrogen-bond acceptors (Lipinski definition) is 2. The van der Waals surface area contributed by atoms with Gasteiger partial charge in [-0.1, -0.05) is 26.7 Å². The Balaban J connectivity index is 1.91. The number of carbonyl (C=O) groups is 2. The van der Waals surface area contributed by atoms with Crippen LogP contribution in [-0.2, 0) is 4.79 Å². The SMILES string of the molecule is CCC1(CC)CCN(C(=O)NC2(C(=O)O)CCC2)CC1. The Labute approximate surface area is 120 Å². The predicted molar refractivity (Wildman–Crippen MR) is 76.6 cm³/mol. The van der Waals surface area contributed by atoms with E-state index in [1.165, 1.54) is 0 Å². The summed E-state index contributed by atoms with van der Waals surface area (Å²) in [5, 5.41) is 12.0. The number of piperidine rings is 1. The first-order valence-corrected chi connectivity index (χ1v) is 7.77. The number of carbonyl (C=O) groups excluding carboxylic acids is 1. The molecule has 2 N–H and O–H groups in total. The van der Waals surface area contributed by atoms with Crippen molar-refractivity contribution in [3.05, 3.63) is 0 Å². The lowest BCUT2D eigenvalue weighted by Crippen LogP contribution is -2.62. The van der Waals surface area contributed by atoms with E-state index in [9.17, 15) is 14.7 Å². The molecule has 0 unspecified atom stereocenters. The topological polar surface area (TPSA) is 69.6 Å². The van der Waals surface area contributed by atoms with Crippen molar-refractivity contribution < 1.29 is 14.7 Å².